The predicted octanol–water partition coefficient (Wildman–Crippen LogP) is 3.08. The monoisotopic (exact) mass is 353 g/mol. The Balaban J connectivity index is 1.88. The first-order valence-electron chi connectivity index (χ1n) is 8.02. The highest BCUT2D eigenvalue weighted by atomic mass is 79.9. The molecular formula is C17H28BrN3. The number of halogens is 1. The second-order valence-electron chi connectivity index (χ2n) is 6.03. The van der Waals surface area contributed by atoms with Crippen LogP contribution in [0, 0.1) is 0 Å². The normalized spacial score (nSPS) is 18.9. The van der Waals surface area contributed by atoms with Crippen molar-refractivity contribution in [2.45, 2.75) is 39.4 Å². The Morgan fingerprint density at radius 3 is 2.52 bits per heavy atom. The number of rotatable bonds is 6. The highest BCUT2D eigenvalue weighted by molar-refractivity contribution is 9.10. The molecule has 1 fully saturated rings. The summed E-state index contributed by atoms with van der Waals surface area (Å²) in [6, 6.07) is 7.45. The zero-order valence-electron chi connectivity index (χ0n) is 13.5. The van der Waals surface area contributed by atoms with Crippen LogP contribution in [0.15, 0.2) is 22.7 Å². The molecular weight excluding hydrogens is 326 g/mol. The summed E-state index contributed by atoms with van der Waals surface area (Å²) in [5, 5.41) is 3.20. The van der Waals surface area contributed by atoms with Crippen LogP contribution in [-0.4, -0.2) is 49.1 Å². The fraction of sp³-hybridized carbons (Fsp3) is 0.647. The van der Waals surface area contributed by atoms with Gasteiger partial charge in [-0.05, 0) is 37.6 Å². The minimum Gasteiger partial charge on any atom is -0.316 e. The number of hydrogen-bond acceptors (Lipinski definition) is 3. The van der Waals surface area contributed by atoms with Gasteiger partial charge in [0.25, 0.3) is 0 Å². The van der Waals surface area contributed by atoms with Gasteiger partial charge >= 0.3 is 0 Å². The van der Waals surface area contributed by atoms with Crippen LogP contribution >= 0.6 is 15.9 Å². The fourth-order valence-electron chi connectivity index (χ4n) is 2.89. The van der Waals surface area contributed by atoms with E-state index in [0.29, 0.717) is 0 Å². The minimum absolute atomic E-state index is 0.722. The number of nitrogens with zero attached hydrogens (tertiary/aromatic N) is 2. The van der Waals surface area contributed by atoms with E-state index in [4.69, 9.17) is 0 Å². The molecule has 1 N–H and O–H groups in total. The number of piperazine rings is 1. The maximum atomic E-state index is 3.73. The molecule has 1 aromatic carbocycles. The average molecular weight is 354 g/mol. The van der Waals surface area contributed by atoms with Gasteiger partial charge in [-0.15, -0.1) is 0 Å². The van der Waals surface area contributed by atoms with Crippen LogP contribution in [0.5, 0.6) is 0 Å². The van der Waals surface area contributed by atoms with E-state index in [1.807, 2.05) is 7.05 Å². The zero-order chi connectivity index (χ0) is 15.2. The lowest BCUT2D eigenvalue weighted by Crippen LogP contribution is -2.49. The molecule has 1 saturated heterocycles. The van der Waals surface area contributed by atoms with Crippen molar-refractivity contribution in [2.75, 3.05) is 33.2 Å². The second-order valence-corrected chi connectivity index (χ2v) is 6.88. The van der Waals surface area contributed by atoms with Crippen molar-refractivity contribution in [1.29, 1.82) is 0 Å². The first-order valence-corrected chi connectivity index (χ1v) is 8.81. The van der Waals surface area contributed by atoms with Gasteiger partial charge in [0.2, 0.25) is 0 Å². The van der Waals surface area contributed by atoms with Gasteiger partial charge in [0.1, 0.15) is 0 Å². The molecule has 0 saturated carbocycles. The van der Waals surface area contributed by atoms with Crippen molar-refractivity contribution in [1.82, 2.24) is 15.1 Å². The molecule has 3 nitrogen and oxygen atoms in total. The van der Waals surface area contributed by atoms with Crippen molar-refractivity contribution >= 4 is 15.9 Å². The highest BCUT2D eigenvalue weighted by Gasteiger charge is 2.20. The third-order valence-electron chi connectivity index (χ3n) is 4.51. The molecule has 1 aliphatic heterocycles. The van der Waals surface area contributed by atoms with Gasteiger partial charge < -0.3 is 5.32 Å². The van der Waals surface area contributed by atoms with Crippen molar-refractivity contribution in [2.24, 2.45) is 0 Å². The summed E-state index contributed by atoms with van der Waals surface area (Å²) < 4.78 is 1.24. The van der Waals surface area contributed by atoms with E-state index in [1.165, 1.54) is 48.2 Å². The molecule has 118 valence electrons. The second kappa shape index (κ2) is 8.28. The van der Waals surface area contributed by atoms with E-state index in [1.54, 1.807) is 0 Å². The van der Waals surface area contributed by atoms with Gasteiger partial charge in [-0.2, -0.15) is 0 Å². The van der Waals surface area contributed by atoms with E-state index in [0.717, 1.165) is 19.1 Å². The molecule has 1 unspecified atom stereocenters. The topological polar surface area (TPSA) is 18.5 Å². The first-order chi connectivity index (χ1) is 10.1. The van der Waals surface area contributed by atoms with Crippen LogP contribution in [0.1, 0.15) is 31.4 Å². The lowest BCUT2D eigenvalue weighted by molar-refractivity contribution is 0.0962. The van der Waals surface area contributed by atoms with E-state index < -0.39 is 0 Å². The Kier molecular flexibility index (Phi) is 6.68. The van der Waals surface area contributed by atoms with E-state index in [9.17, 15) is 0 Å². The van der Waals surface area contributed by atoms with Gasteiger partial charge in [0.05, 0.1) is 0 Å². The van der Waals surface area contributed by atoms with Gasteiger partial charge in [-0.25, -0.2) is 0 Å². The Labute approximate surface area is 137 Å². The van der Waals surface area contributed by atoms with Crippen LogP contribution in [-0.2, 0) is 13.1 Å². The van der Waals surface area contributed by atoms with Crippen LogP contribution < -0.4 is 5.32 Å². The Morgan fingerprint density at radius 2 is 1.95 bits per heavy atom. The first kappa shape index (κ1) is 16.9. The van der Waals surface area contributed by atoms with Crippen LogP contribution in [0.3, 0.4) is 0 Å². The molecule has 0 aromatic heterocycles. The van der Waals surface area contributed by atoms with Gasteiger partial charge in [0, 0.05) is 49.8 Å². The average Bonchev–Trinajstić information content (AvgIpc) is 2.50. The maximum absolute atomic E-state index is 3.73. The largest absolute Gasteiger partial charge is 0.316 e. The van der Waals surface area contributed by atoms with E-state index in [-0.39, 0.29) is 0 Å². The quantitative estimate of drug-likeness (QED) is 0.847. The lowest BCUT2D eigenvalue weighted by Gasteiger charge is -2.38. The molecule has 0 radical (unpaired) electrons. The van der Waals surface area contributed by atoms with E-state index in [2.05, 4.69) is 63.1 Å². The summed E-state index contributed by atoms with van der Waals surface area (Å²) in [6.45, 7) is 11.3. The van der Waals surface area contributed by atoms with Crippen LogP contribution in [0.25, 0.3) is 0 Å². The lowest BCUT2D eigenvalue weighted by atomic mass is 10.1. The summed E-state index contributed by atoms with van der Waals surface area (Å²) >= 11 is 3.73. The third kappa shape index (κ3) is 4.78. The SMILES string of the molecule is CCC(C)N1CCN(Cc2ccc(CNC)cc2Br)CC1. The molecule has 0 amide bonds. The van der Waals surface area contributed by atoms with Crippen molar-refractivity contribution in [3.8, 4) is 0 Å². The molecule has 1 heterocycles. The summed E-state index contributed by atoms with van der Waals surface area (Å²) in [4.78, 5) is 5.18. The zero-order valence-corrected chi connectivity index (χ0v) is 15.1. The van der Waals surface area contributed by atoms with Crippen molar-refractivity contribution in [3.63, 3.8) is 0 Å². The maximum Gasteiger partial charge on any atom is 0.0246 e. The minimum atomic E-state index is 0.722. The molecule has 1 atom stereocenters. The number of benzene rings is 1. The molecule has 1 aromatic rings. The number of hydrogen-bond donors (Lipinski definition) is 1. The molecule has 1 aliphatic rings. The number of nitrogens with one attached hydrogen (secondary N) is 1. The Bertz CT molecular complexity index is 442. The Hall–Kier alpha value is -0.420. The third-order valence-corrected chi connectivity index (χ3v) is 5.25. The molecule has 21 heavy (non-hydrogen) atoms. The summed E-state index contributed by atoms with van der Waals surface area (Å²) in [5.74, 6) is 0. The Morgan fingerprint density at radius 1 is 1.24 bits per heavy atom. The van der Waals surface area contributed by atoms with Crippen molar-refractivity contribution < 1.29 is 0 Å². The molecule has 4 heteroatoms. The highest BCUT2D eigenvalue weighted by Crippen LogP contribution is 2.21. The van der Waals surface area contributed by atoms with E-state index >= 15 is 0 Å². The van der Waals surface area contributed by atoms with Gasteiger partial charge in [-0.1, -0.05) is 35.0 Å². The van der Waals surface area contributed by atoms with Crippen molar-refractivity contribution in [3.05, 3.63) is 33.8 Å². The molecule has 0 bridgehead atoms. The van der Waals surface area contributed by atoms with Crippen LogP contribution in [0.2, 0.25) is 0 Å². The molecule has 0 spiro atoms. The van der Waals surface area contributed by atoms with Crippen LogP contribution in [0.4, 0.5) is 0 Å². The summed E-state index contributed by atoms with van der Waals surface area (Å²) in [6.07, 6.45) is 1.25. The smallest absolute Gasteiger partial charge is 0.0246 e. The van der Waals surface area contributed by atoms with Gasteiger partial charge in [-0.3, -0.25) is 9.80 Å². The summed E-state index contributed by atoms with van der Waals surface area (Å²) in [7, 11) is 1.98. The molecule has 0 aliphatic carbocycles. The predicted molar refractivity (Wildman–Crippen MR) is 93.5 cm³/mol. The fourth-order valence-corrected chi connectivity index (χ4v) is 3.45. The summed E-state index contributed by atoms with van der Waals surface area (Å²) in [5.41, 5.74) is 2.72. The molecule has 2 rings (SSSR count). The van der Waals surface area contributed by atoms with Gasteiger partial charge in [0.15, 0.2) is 0 Å². The standard InChI is InChI=1S/C17H28BrN3/c1-4-14(2)21-9-7-20(8-10-21)13-16-6-5-15(12-19-3)11-17(16)18/h5-6,11,14,19H,4,7-10,12-13H2,1-3H3.